The van der Waals surface area contributed by atoms with E-state index < -0.39 is 159 Å². The van der Waals surface area contributed by atoms with Gasteiger partial charge < -0.3 is 94.1 Å². The molecule has 0 bridgehead atoms. The summed E-state index contributed by atoms with van der Waals surface area (Å²) in [6.45, 7) is 0.0641. The molecule has 0 spiro atoms. The Balaban J connectivity index is 1.41. The molecule has 4 aliphatic rings. The number of rotatable bonds is 11. The van der Waals surface area contributed by atoms with E-state index in [2.05, 4.69) is 47.2 Å². The fourth-order valence-corrected chi connectivity index (χ4v) is 8.43. The highest BCUT2D eigenvalue weighted by atomic mass is 16.6. The molecule has 26 nitrogen and oxygen atoms in total. The van der Waals surface area contributed by atoms with E-state index in [1.165, 1.54) is 0 Å². The van der Waals surface area contributed by atoms with Gasteiger partial charge in [0.25, 0.3) is 0 Å². The Bertz CT molecular complexity index is 2240. The number of ether oxygens (including phenoxy) is 1. The van der Waals surface area contributed by atoms with Crippen molar-refractivity contribution in [2.75, 3.05) is 32.8 Å². The molecule has 4 aliphatic heterocycles. The lowest BCUT2D eigenvalue weighted by atomic mass is 9.92. The number of carbonyl (C=O) groups excluding carboxylic acids is 6. The first kappa shape index (κ1) is 51.9. The van der Waals surface area contributed by atoms with Crippen LogP contribution < -0.4 is 48.7 Å². The number of aliphatic hydroxyl groups is 7. The Morgan fingerprint density at radius 1 is 0.696 bits per heavy atom. The summed E-state index contributed by atoms with van der Waals surface area (Å²) in [5.74, 6) is -7.89. The van der Waals surface area contributed by atoms with Gasteiger partial charge in [-0.3, -0.25) is 38.8 Å². The van der Waals surface area contributed by atoms with E-state index in [1.54, 1.807) is 61.5 Å². The van der Waals surface area contributed by atoms with Crippen molar-refractivity contribution in [2.45, 2.75) is 111 Å². The lowest BCUT2D eigenvalue weighted by Gasteiger charge is -2.46. The molecule has 0 saturated carbocycles. The summed E-state index contributed by atoms with van der Waals surface area (Å²) in [5.41, 5.74) is 14.0. The first-order chi connectivity index (χ1) is 32.8. The highest BCUT2D eigenvalue weighted by Gasteiger charge is 2.52. The molecule has 18 N–H and O–H groups in total. The predicted octanol–water partition coefficient (Wildman–Crippen LogP) is -8.31. The van der Waals surface area contributed by atoms with E-state index in [1.807, 2.05) is 6.92 Å². The Hall–Kier alpha value is -6.52. The number of aliphatic hydroxyl groups excluding tert-OH is 7. The van der Waals surface area contributed by atoms with Gasteiger partial charge in [-0.05, 0) is 18.1 Å². The zero-order chi connectivity index (χ0) is 50.3. The summed E-state index contributed by atoms with van der Waals surface area (Å²) in [6, 6.07) is 3.79. The fraction of sp³-hybridized carbons (Fsp3) is 0.535. The number of carbonyl (C=O) groups is 6. The number of nitrogens with zero attached hydrogens (tertiary/aromatic N) is 3. The van der Waals surface area contributed by atoms with E-state index in [4.69, 9.17) is 16.2 Å². The largest absolute Gasteiger partial charge is 0.394 e. The first-order valence-electron chi connectivity index (χ1n) is 22.1. The Morgan fingerprint density at radius 3 is 1.96 bits per heavy atom. The third-order valence-corrected chi connectivity index (χ3v) is 12.5. The standard InChI is InChI=1S/C43H60N12O14/c1-18-8-10-20(11-9-18)12-22-37(65)53-29(31(59)23-13-47-42(44)51-23)40(68)54-30(32(60)25-14-48-43(45)55(25)41-35(63)34(62)33(61)26(17-57)69-41)39(67)50-24(16-56)36(64)46-15-27(58)52-28(38(66)49-22)19(2)21-6-4-3-5-7-21/h3-11,19,22-26,28-35,41,56-57,59-63H,12-17H2,1-2H3,(H2,45,48)(H,46,64)(H,49,66)(H,50,67)(H,52,58)(H,53,65)(H,54,68)(H3,44,47,51)/t19?,22?,23?,24?,25?,26-,28?,29?,30?,31?,32?,33-,34+,35+,41+/m1/s1. The number of guanidine groups is 2. The van der Waals surface area contributed by atoms with Crippen molar-refractivity contribution in [3.05, 3.63) is 71.3 Å². The van der Waals surface area contributed by atoms with Crippen LogP contribution in [0.15, 0.2) is 64.6 Å². The number of amides is 6. The minimum Gasteiger partial charge on any atom is -0.394 e. The van der Waals surface area contributed by atoms with Gasteiger partial charge in [0, 0.05) is 12.3 Å². The highest BCUT2D eigenvalue weighted by molar-refractivity contribution is 5.98. The second kappa shape index (κ2) is 22.7. The van der Waals surface area contributed by atoms with Crippen molar-refractivity contribution >= 4 is 47.4 Å². The average Bonchev–Trinajstić information content (AvgIpc) is 3.96. The molecule has 69 heavy (non-hydrogen) atoms. The molecule has 2 aromatic rings. The summed E-state index contributed by atoms with van der Waals surface area (Å²) in [5, 5.41) is 93.5. The zero-order valence-corrected chi connectivity index (χ0v) is 37.6. The van der Waals surface area contributed by atoms with Crippen LogP contribution in [-0.4, -0.2) is 206 Å². The number of hydrogen-bond acceptors (Lipinski definition) is 20. The molecule has 2 saturated heterocycles. The van der Waals surface area contributed by atoms with Gasteiger partial charge in [-0.2, -0.15) is 0 Å². The van der Waals surface area contributed by atoms with Gasteiger partial charge in [0.2, 0.25) is 35.4 Å². The minimum atomic E-state index is -2.23. The molecule has 15 atom stereocenters. The fourth-order valence-electron chi connectivity index (χ4n) is 8.43. The van der Waals surface area contributed by atoms with E-state index in [9.17, 15) is 64.5 Å². The predicted molar refractivity (Wildman–Crippen MR) is 241 cm³/mol. The van der Waals surface area contributed by atoms with E-state index in [0.29, 0.717) is 11.1 Å². The molecule has 6 amide bonds. The van der Waals surface area contributed by atoms with Crippen LogP contribution in [0.4, 0.5) is 0 Å². The maximum atomic E-state index is 14.7. The molecule has 26 heteroatoms. The van der Waals surface area contributed by atoms with Crippen molar-refractivity contribution in [3.8, 4) is 0 Å². The van der Waals surface area contributed by atoms with Crippen molar-refractivity contribution in [3.63, 3.8) is 0 Å². The van der Waals surface area contributed by atoms with Crippen LogP contribution in [0.25, 0.3) is 0 Å². The van der Waals surface area contributed by atoms with Crippen LogP contribution in [-0.2, 0) is 39.9 Å². The normalized spacial score (nSPS) is 32.3. The smallest absolute Gasteiger partial charge is 0.246 e. The summed E-state index contributed by atoms with van der Waals surface area (Å²) in [6.07, 6.45) is -13.2. The molecule has 2 aromatic carbocycles. The van der Waals surface area contributed by atoms with E-state index in [0.717, 1.165) is 10.5 Å². The van der Waals surface area contributed by atoms with Gasteiger partial charge in [0.05, 0.1) is 44.9 Å². The molecule has 0 aliphatic carbocycles. The Kier molecular flexibility index (Phi) is 17.1. The van der Waals surface area contributed by atoms with Gasteiger partial charge in [-0.15, -0.1) is 0 Å². The Labute approximate surface area is 394 Å². The topological polar surface area (TPSA) is 417 Å². The molecular formula is C43H60N12O14. The summed E-state index contributed by atoms with van der Waals surface area (Å²) >= 11 is 0. The van der Waals surface area contributed by atoms with Crippen LogP contribution in [0.3, 0.4) is 0 Å². The number of nitrogens with two attached hydrogens (primary N) is 2. The van der Waals surface area contributed by atoms with Gasteiger partial charge in [0.15, 0.2) is 18.1 Å². The molecule has 4 heterocycles. The van der Waals surface area contributed by atoms with Crippen LogP contribution in [0, 0.1) is 6.92 Å². The number of aryl methyl sites for hydroxylation is 1. The third-order valence-electron chi connectivity index (χ3n) is 12.5. The number of nitrogens with one attached hydrogen (secondary N) is 7. The van der Waals surface area contributed by atoms with Crippen molar-refractivity contribution in [1.29, 1.82) is 0 Å². The van der Waals surface area contributed by atoms with Crippen molar-refractivity contribution in [1.82, 2.24) is 42.1 Å². The molecule has 10 unspecified atom stereocenters. The molecular weight excluding hydrogens is 909 g/mol. The van der Waals surface area contributed by atoms with Crippen LogP contribution in [0.5, 0.6) is 0 Å². The van der Waals surface area contributed by atoms with Crippen molar-refractivity contribution < 1.29 is 69.2 Å². The number of aliphatic imine (C=N–C) groups is 2. The summed E-state index contributed by atoms with van der Waals surface area (Å²) in [7, 11) is 0. The van der Waals surface area contributed by atoms with Crippen molar-refractivity contribution in [2.24, 2.45) is 21.5 Å². The lowest BCUT2D eigenvalue weighted by Crippen LogP contribution is -2.70. The number of benzene rings is 2. The molecule has 0 aromatic heterocycles. The molecule has 376 valence electrons. The average molecular weight is 969 g/mol. The van der Waals surface area contributed by atoms with Gasteiger partial charge in [-0.1, -0.05) is 67.1 Å². The maximum Gasteiger partial charge on any atom is 0.246 e. The summed E-state index contributed by atoms with van der Waals surface area (Å²) < 4.78 is 5.67. The number of hydrogen-bond donors (Lipinski definition) is 16. The summed E-state index contributed by atoms with van der Waals surface area (Å²) in [4.78, 5) is 94.3. The van der Waals surface area contributed by atoms with Crippen LogP contribution in [0.1, 0.15) is 29.5 Å². The minimum absolute atomic E-state index is 0.121. The van der Waals surface area contributed by atoms with E-state index >= 15 is 0 Å². The van der Waals surface area contributed by atoms with Crippen LogP contribution >= 0.6 is 0 Å². The molecule has 2 fully saturated rings. The second-order valence-electron chi connectivity index (χ2n) is 17.3. The van der Waals surface area contributed by atoms with Crippen LogP contribution in [0.2, 0.25) is 0 Å². The Morgan fingerprint density at radius 2 is 1.32 bits per heavy atom. The third kappa shape index (κ3) is 12.0. The van der Waals surface area contributed by atoms with Gasteiger partial charge >= 0.3 is 0 Å². The quantitative estimate of drug-likeness (QED) is 0.0994. The zero-order valence-electron chi connectivity index (χ0n) is 37.6. The SMILES string of the molecule is Cc1ccc(CC2NC(=O)C(C(C)c3ccccc3)NC(=O)CNC(=O)C(CO)NC(=O)C(C(O)C3CN=C(N)N3[C@H]3O[C@H](CO)[C@@H](O)[C@H](O)[C@@H]3O)NC(=O)C(C(O)C3CN=C(N)N3)NC2=O)cc1. The van der Waals surface area contributed by atoms with Gasteiger partial charge in [0.1, 0.15) is 66.8 Å². The maximum absolute atomic E-state index is 14.7. The van der Waals surface area contributed by atoms with Gasteiger partial charge in [-0.25, -0.2) is 0 Å². The molecule has 0 radical (unpaired) electrons. The second-order valence-corrected chi connectivity index (χ2v) is 17.3. The lowest BCUT2D eigenvalue weighted by molar-refractivity contribution is -0.260. The molecule has 6 rings (SSSR count). The monoisotopic (exact) mass is 968 g/mol. The highest BCUT2D eigenvalue weighted by Crippen LogP contribution is 2.29. The first-order valence-corrected chi connectivity index (χ1v) is 22.1. The van der Waals surface area contributed by atoms with E-state index in [-0.39, 0.29) is 18.9 Å².